The van der Waals surface area contributed by atoms with Gasteiger partial charge in [-0.15, -0.1) is 0 Å². The van der Waals surface area contributed by atoms with Crippen LogP contribution in [0.1, 0.15) is 41.0 Å². The molecule has 0 N–H and O–H groups in total. The van der Waals surface area contributed by atoms with E-state index < -0.39 is 0 Å². The SMILES string of the molecule is CCOC(Oc1ccc(OC(=O)C(C)CC)cc1)C(C)C. The highest BCUT2D eigenvalue weighted by molar-refractivity contribution is 5.74. The van der Waals surface area contributed by atoms with Crippen molar-refractivity contribution in [3.63, 3.8) is 0 Å². The summed E-state index contributed by atoms with van der Waals surface area (Å²) < 4.78 is 16.6. The Bertz CT molecular complexity index is 425. The molecule has 2 atom stereocenters. The summed E-state index contributed by atoms with van der Waals surface area (Å²) in [7, 11) is 0. The molecule has 0 spiro atoms. The third-order valence-corrected chi connectivity index (χ3v) is 3.18. The molecule has 0 aromatic heterocycles. The van der Waals surface area contributed by atoms with Crippen LogP contribution in [0.4, 0.5) is 0 Å². The molecular weight excluding hydrogens is 268 g/mol. The van der Waals surface area contributed by atoms with E-state index in [1.165, 1.54) is 0 Å². The van der Waals surface area contributed by atoms with Crippen LogP contribution >= 0.6 is 0 Å². The zero-order chi connectivity index (χ0) is 15.8. The van der Waals surface area contributed by atoms with Gasteiger partial charge in [-0.3, -0.25) is 4.79 Å². The van der Waals surface area contributed by atoms with Gasteiger partial charge < -0.3 is 14.2 Å². The number of hydrogen-bond donors (Lipinski definition) is 0. The lowest BCUT2D eigenvalue weighted by molar-refractivity contribution is -0.138. The van der Waals surface area contributed by atoms with Gasteiger partial charge >= 0.3 is 5.97 Å². The van der Waals surface area contributed by atoms with E-state index in [0.29, 0.717) is 18.1 Å². The normalized spacial score (nSPS) is 13.8. The number of rotatable bonds is 8. The van der Waals surface area contributed by atoms with Gasteiger partial charge in [-0.05, 0) is 37.6 Å². The van der Waals surface area contributed by atoms with E-state index >= 15 is 0 Å². The molecule has 0 aliphatic carbocycles. The van der Waals surface area contributed by atoms with Crippen LogP contribution in [-0.2, 0) is 9.53 Å². The number of carbonyl (C=O) groups excluding carboxylic acids is 1. The van der Waals surface area contributed by atoms with Crippen molar-refractivity contribution in [2.45, 2.75) is 47.3 Å². The van der Waals surface area contributed by atoms with Gasteiger partial charge in [0, 0.05) is 12.5 Å². The molecule has 1 rings (SSSR count). The quantitative estimate of drug-likeness (QED) is 0.412. The van der Waals surface area contributed by atoms with E-state index in [1.54, 1.807) is 24.3 Å². The molecule has 0 aliphatic rings. The summed E-state index contributed by atoms with van der Waals surface area (Å²) in [6, 6.07) is 7.04. The summed E-state index contributed by atoms with van der Waals surface area (Å²) in [5, 5.41) is 0. The Morgan fingerprint density at radius 3 is 2.10 bits per heavy atom. The molecule has 21 heavy (non-hydrogen) atoms. The number of esters is 1. The Kier molecular flexibility index (Phi) is 7.23. The van der Waals surface area contributed by atoms with Crippen molar-refractivity contribution in [3.05, 3.63) is 24.3 Å². The van der Waals surface area contributed by atoms with Gasteiger partial charge in [-0.1, -0.05) is 27.7 Å². The van der Waals surface area contributed by atoms with Crippen LogP contribution in [0.5, 0.6) is 11.5 Å². The van der Waals surface area contributed by atoms with Crippen molar-refractivity contribution in [2.75, 3.05) is 6.61 Å². The molecular formula is C17H26O4. The lowest BCUT2D eigenvalue weighted by atomic mass is 10.1. The molecule has 0 saturated heterocycles. The van der Waals surface area contributed by atoms with Crippen LogP contribution in [0, 0.1) is 11.8 Å². The molecule has 1 aromatic carbocycles. The van der Waals surface area contributed by atoms with Gasteiger partial charge in [0.1, 0.15) is 11.5 Å². The van der Waals surface area contributed by atoms with Crippen molar-refractivity contribution < 1.29 is 19.0 Å². The van der Waals surface area contributed by atoms with E-state index in [2.05, 4.69) is 0 Å². The highest BCUT2D eigenvalue weighted by atomic mass is 16.7. The molecule has 0 saturated carbocycles. The first-order valence-electron chi connectivity index (χ1n) is 7.57. The Labute approximate surface area is 127 Å². The standard InChI is InChI=1S/C17H26O4/c1-6-13(5)16(18)20-14-8-10-15(11-9-14)21-17(12(3)4)19-7-2/h8-13,17H,6-7H2,1-5H3. The highest BCUT2D eigenvalue weighted by Crippen LogP contribution is 2.21. The van der Waals surface area contributed by atoms with Gasteiger partial charge in [-0.25, -0.2) is 0 Å². The largest absolute Gasteiger partial charge is 0.465 e. The van der Waals surface area contributed by atoms with Crippen LogP contribution in [0.25, 0.3) is 0 Å². The van der Waals surface area contributed by atoms with Crippen LogP contribution in [0.15, 0.2) is 24.3 Å². The second-order valence-corrected chi connectivity index (χ2v) is 5.39. The number of ether oxygens (including phenoxy) is 3. The third kappa shape index (κ3) is 5.76. The molecule has 1 aromatic rings. The van der Waals surface area contributed by atoms with E-state index in [9.17, 15) is 4.79 Å². The van der Waals surface area contributed by atoms with Gasteiger partial charge in [0.05, 0.1) is 5.92 Å². The fraction of sp³-hybridized carbons (Fsp3) is 0.588. The zero-order valence-electron chi connectivity index (χ0n) is 13.6. The average molecular weight is 294 g/mol. The van der Waals surface area contributed by atoms with Gasteiger partial charge in [0.15, 0.2) is 0 Å². The molecule has 0 radical (unpaired) electrons. The van der Waals surface area contributed by atoms with Crippen LogP contribution in [0.2, 0.25) is 0 Å². The first-order chi connectivity index (χ1) is 9.97. The second-order valence-electron chi connectivity index (χ2n) is 5.39. The lowest BCUT2D eigenvalue weighted by Gasteiger charge is -2.22. The van der Waals surface area contributed by atoms with E-state index in [-0.39, 0.29) is 24.1 Å². The molecule has 0 fully saturated rings. The second kappa shape index (κ2) is 8.67. The van der Waals surface area contributed by atoms with Gasteiger partial charge in [0.2, 0.25) is 6.29 Å². The van der Waals surface area contributed by atoms with E-state index in [4.69, 9.17) is 14.2 Å². The van der Waals surface area contributed by atoms with E-state index in [1.807, 2.05) is 34.6 Å². The lowest BCUT2D eigenvalue weighted by Crippen LogP contribution is -2.26. The maximum absolute atomic E-state index is 11.7. The van der Waals surface area contributed by atoms with Crippen molar-refractivity contribution in [1.82, 2.24) is 0 Å². The predicted octanol–water partition coefficient (Wildman–Crippen LogP) is 4.04. The minimum atomic E-state index is -0.275. The molecule has 4 nitrogen and oxygen atoms in total. The third-order valence-electron chi connectivity index (χ3n) is 3.18. The molecule has 4 heteroatoms. The van der Waals surface area contributed by atoms with Crippen LogP contribution in [-0.4, -0.2) is 18.9 Å². The first kappa shape index (κ1) is 17.5. The van der Waals surface area contributed by atoms with Crippen molar-refractivity contribution >= 4 is 5.97 Å². The number of benzene rings is 1. The summed E-state index contributed by atoms with van der Waals surface area (Å²) in [5.41, 5.74) is 0. The number of hydrogen-bond acceptors (Lipinski definition) is 4. The predicted molar refractivity (Wildman–Crippen MR) is 82.4 cm³/mol. The molecule has 0 aliphatic heterocycles. The fourth-order valence-corrected chi connectivity index (χ4v) is 1.63. The summed E-state index contributed by atoms with van der Waals surface area (Å²) in [6.45, 7) is 10.5. The summed E-state index contributed by atoms with van der Waals surface area (Å²) in [4.78, 5) is 11.7. The highest BCUT2D eigenvalue weighted by Gasteiger charge is 2.16. The van der Waals surface area contributed by atoms with E-state index in [0.717, 1.165) is 6.42 Å². The number of carbonyl (C=O) groups is 1. The molecule has 118 valence electrons. The fourth-order valence-electron chi connectivity index (χ4n) is 1.63. The minimum Gasteiger partial charge on any atom is -0.465 e. The minimum absolute atomic E-state index is 0.0933. The Morgan fingerprint density at radius 1 is 1.05 bits per heavy atom. The van der Waals surface area contributed by atoms with Crippen LogP contribution in [0.3, 0.4) is 0 Å². The smallest absolute Gasteiger partial charge is 0.314 e. The maximum Gasteiger partial charge on any atom is 0.314 e. The van der Waals surface area contributed by atoms with Crippen molar-refractivity contribution in [1.29, 1.82) is 0 Å². The zero-order valence-corrected chi connectivity index (χ0v) is 13.6. The first-order valence-corrected chi connectivity index (χ1v) is 7.57. The van der Waals surface area contributed by atoms with Gasteiger partial charge in [-0.2, -0.15) is 0 Å². The molecule has 0 amide bonds. The summed E-state index contributed by atoms with van der Waals surface area (Å²) >= 11 is 0. The molecule has 2 unspecified atom stereocenters. The topological polar surface area (TPSA) is 44.8 Å². The molecule has 0 heterocycles. The molecule has 0 bridgehead atoms. The van der Waals surface area contributed by atoms with Crippen LogP contribution < -0.4 is 9.47 Å². The Morgan fingerprint density at radius 2 is 1.62 bits per heavy atom. The monoisotopic (exact) mass is 294 g/mol. The summed E-state index contributed by atoms with van der Waals surface area (Å²) in [6.07, 6.45) is 0.494. The summed E-state index contributed by atoms with van der Waals surface area (Å²) in [5.74, 6) is 1.19. The van der Waals surface area contributed by atoms with Gasteiger partial charge in [0.25, 0.3) is 0 Å². The van der Waals surface area contributed by atoms with Crippen molar-refractivity contribution in [2.24, 2.45) is 11.8 Å². The van der Waals surface area contributed by atoms with Crippen molar-refractivity contribution in [3.8, 4) is 11.5 Å². The Hall–Kier alpha value is -1.55. The average Bonchev–Trinajstić information content (AvgIpc) is 2.47. The maximum atomic E-state index is 11.7. The Balaban J connectivity index is 2.63.